The molecule has 0 spiro atoms. The summed E-state index contributed by atoms with van der Waals surface area (Å²) < 4.78 is 16.0. The highest BCUT2D eigenvalue weighted by molar-refractivity contribution is 5.93. The highest BCUT2D eigenvalue weighted by Crippen LogP contribution is 2.40. The molecule has 0 atom stereocenters. The van der Waals surface area contributed by atoms with Crippen molar-refractivity contribution >= 4 is 17.5 Å². The quantitative estimate of drug-likeness (QED) is 0.722. The Balaban J connectivity index is 2.16. The molecule has 2 aromatic rings. The van der Waals surface area contributed by atoms with Gasteiger partial charge < -0.3 is 24.4 Å². The first-order valence-electron chi connectivity index (χ1n) is 8.68. The predicted octanol–water partition coefficient (Wildman–Crippen LogP) is 3.12. The number of hydrogen-bond donors (Lipinski definition) is 1. The summed E-state index contributed by atoms with van der Waals surface area (Å²) in [7, 11) is 6.42. The standard InChI is InChI=1S/C19H26N4O4/c1-6-7-8-23(2)18(24)13-11-20-19(21-12-13)22-14-9-15(25-3)17(27-5)16(10-14)26-4/h9-12H,6-8H2,1-5H3,(H,20,21,22). The van der Waals surface area contributed by atoms with Gasteiger partial charge in [-0.1, -0.05) is 13.3 Å². The predicted molar refractivity (Wildman–Crippen MR) is 103 cm³/mol. The van der Waals surface area contributed by atoms with Crippen LogP contribution in [0.1, 0.15) is 30.1 Å². The molecule has 2 rings (SSSR count). The third-order valence-electron chi connectivity index (χ3n) is 4.01. The molecular formula is C19H26N4O4. The van der Waals surface area contributed by atoms with Crippen molar-refractivity contribution in [2.45, 2.75) is 19.8 Å². The van der Waals surface area contributed by atoms with Crippen molar-refractivity contribution in [1.29, 1.82) is 0 Å². The number of rotatable bonds is 9. The Morgan fingerprint density at radius 1 is 1.07 bits per heavy atom. The lowest BCUT2D eigenvalue weighted by Crippen LogP contribution is -2.27. The first-order valence-corrected chi connectivity index (χ1v) is 8.68. The second-order valence-corrected chi connectivity index (χ2v) is 5.91. The van der Waals surface area contributed by atoms with Crippen LogP contribution in [0.3, 0.4) is 0 Å². The number of carbonyl (C=O) groups is 1. The maximum absolute atomic E-state index is 12.3. The molecule has 8 nitrogen and oxygen atoms in total. The normalized spacial score (nSPS) is 10.3. The van der Waals surface area contributed by atoms with Gasteiger partial charge in [-0.25, -0.2) is 9.97 Å². The highest BCUT2D eigenvalue weighted by atomic mass is 16.5. The van der Waals surface area contributed by atoms with E-state index in [9.17, 15) is 4.79 Å². The van der Waals surface area contributed by atoms with Crippen LogP contribution in [0.15, 0.2) is 24.5 Å². The second-order valence-electron chi connectivity index (χ2n) is 5.91. The summed E-state index contributed by atoms with van der Waals surface area (Å²) in [6.45, 7) is 2.80. The van der Waals surface area contributed by atoms with E-state index in [1.54, 1.807) is 45.4 Å². The number of ether oxygens (including phenoxy) is 3. The minimum Gasteiger partial charge on any atom is -0.493 e. The molecule has 1 aromatic carbocycles. The van der Waals surface area contributed by atoms with Gasteiger partial charge in [-0.05, 0) is 6.42 Å². The SMILES string of the molecule is CCCCN(C)C(=O)c1cnc(Nc2cc(OC)c(OC)c(OC)c2)nc1. The number of anilines is 2. The molecule has 1 aromatic heterocycles. The first-order chi connectivity index (χ1) is 13.0. The molecule has 0 aliphatic heterocycles. The summed E-state index contributed by atoms with van der Waals surface area (Å²) >= 11 is 0. The van der Waals surface area contributed by atoms with E-state index in [1.165, 1.54) is 12.4 Å². The summed E-state index contributed by atoms with van der Waals surface area (Å²) in [6, 6.07) is 3.50. The number of hydrogen-bond acceptors (Lipinski definition) is 7. The van der Waals surface area contributed by atoms with Gasteiger partial charge >= 0.3 is 0 Å². The zero-order chi connectivity index (χ0) is 19.8. The van der Waals surface area contributed by atoms with Gasteiger partial charge in [0.1, 0.15) is 0 Å². The fourth-order valence-corrected chi connectivity index (χ4v) is 2.50. The van der Waals surface area contributed by atoms with Crippen LogP contribution in [0.25, 0.3) is 0 Å². The first kappa shape index (κ1) is 20.3. The Morgan fingerprint density at radius 2 is 1.67 bits per heavy atom. The van der Waals surface area contributed by atoms with E-state index >= 15 is 0 Å². The third-order valence-corrected chi connectivity index (χ3v) is 4.01. The molecule has 1 heterocycles. The van der Waals surface area contributed by atoms with E-state index in [1.807, 2.05) is 0 Å². The number of methoxy groups -OCH3 is 3. The number of nitrogens with one attached hydrogen (secondary N) is 1. The van der Waals surface area contributed by atoms with Crippen LogP contribution >= 0.6 is 0 Å². The molecule has 146 valence electrons. The Kier molecular flexibility index (Phi) is 7.22. The van der Waals surface area contributed by atoms with Crippen LogP contribution in [0, 0.1) is 0 Å². The second kappa shape index (κ2) is 9.61. The average molecular weight is 374 g/mol. The molecule has 1 amide bonds. The van der Waals surface area contributed by atoms with Crippen LogP contribution in [0.2, 0.25) is 0 Å². The van der Waals surface area contributed by atoms with Crippen molar-refractivity contribution in [1.82, 2.24) is 14.9 Å². The van der Waals surface area contributed by atoms with E-state index in [0.29, 0.717) is 41.0 Å². The number of carbonyl (C=O) groups excluding carboxylic acids is 1. The Hall–Kier alpha value is -3.03. The van der Waals surface area contributed by atoms with Crippen LogP contribution in [-0.2, 0) is 0 Å². The molecule has 27 heavy (non-hydrogen) atoms. The largest absolute Gasteiger partial charge is 0.493 e. The molecule has 0 radical (unpaired) electrons. The fraction of sp³-hybridized carbons (Fsp3) is 0.421. The Morgan fingerprint density at radius 3 is 2.15 bits per heavy atom. The summed E-state index contributed by atoms with van der Waals surface area (Å²) in [5.41, 5.74) is 1.12. The van der Waals surface area contributed by atoms with Gasteiger partial charge in [0.15, 0.2) is 11.5 Å². The van der Waals surface area contributed by atoms with Crippen molar-refractivity contribution in [3.63, 3.8) is 0 Å². The van der Waals surface area contributed by atoms with Gasteiger partial charge in [0.05, 0.1) is 26.9 Å². The Bertz CT molecular complexity index is 740. The molecular weight excluding hydrogens is 348 g/mol. The van der Waals surface area contributed by atoms with Crippen molar-refractivity contribution in [3.8, 4) is 17.2 Å². The maximum atomic E-state index is 12.3. The van der Waals surface area contributed by atoms with E-state index < -0.39 is 0 Å². The average Bonchev–Trinajstić information content (AvgIpc) is 2.71. The highest BCUT2D eigenvalue weighted by Gasteiger charge is 2.15. The van der Waals surface area contributed by atoms with Crippen molar-refractivity contribution in [2.75, 3.05) is 40.2 Å². The molecule has 0 bridgehead atoms. The summed E-state index contributed by atoms with van der Waals surface area (Å²) in [4.78, 5) is 22.5. The van der Waals surface area contributed by atoms with Crippen LogP contribution in [-0.4, -0.2) is 55.7 Å². The lowest BCUT2D eigenvalue weighted by atomic mass is 10.2. The summed E-state index contributed by atoms with van der Waals surface area (Å²) in [5.74, 6) is 1.80. The smallest absolute Gasteiger partial charge is 0.256 e. The number of aromatic nitrogens is 2. The van der Waals surface area contributed by atoms with Gasteiger partial charge in [0.25, 0.3) is 5.91 Å². The molecule has 0 unspecified atom stereocenters. The maximum Gasteiger partial charge on any atom is 0.256 e. The van der Waals surface area contributed by atoms with Gasteiger partial charge in [0.2, 0.25) is 11.7 Å². The minimum atomic E-state index is -0.0946. The Labute approximate surface area is 159 Å². The number of amides is 1. The summed E-state index contributed by atoms with van der Waals surface area (Å²) in [6.07, 6.45) is 5.02. The van der Waals surface area contributed by atoms with Crippen molar-refractivity contribution < 1.29 is 19.0 Å². The van der Waals surface area contributed by atoms with Crippen molar-refractivity contribution in [3.05, 3.63) is 30.1 Å². The molecule has 0 saturated heterocycles. The zero-order valence-electron chi connectivity index (χ0n) is 16.4. The zero-order valence-corrected chi connectivity index (χ0v) is 16.4. The van der Waals surface area contributed by atoms with Crippen LogP contribution < -0.4 is 19.5 Å². The lowest BCUT2D eigenvalue weighted by Gasteiger charge is -2.16. The van der Waals surface area contributed by atoms with E-state index in [2.05, 4.69) is 22.2 Å². The molecule has 0 aliphatic rings. The third kappa shape index (κ3) is 4.99. The number of benzene rings is 1. The number of nitrogens with zero attached hydrogens (tertiary/aromatic N) is 3. The van der Waals surface area contributed by atoms with Gasteiger partial charge in [-0.15, -0.1) is 0 Å². The number of unbranched alkanes of at least 4 members (excludes halogenated alkanes) is 1. The van der Waals surface area contributed by atoms with Gasteiger partial charge in [-0.2, -0.15) is 0 Å². The minimum absolute atomic E-state index is 0.0946. The summed E-state index contributed by atoms with van der Waals surface area (Å²) in [5, 5.41) is 3.07. The molecule has 1 N–H and O–H groups in total. The fourth-order valence-electron chi connectivity index (χ4n) is 2.50. The van der Waals surface area contributed by atoms with Gasteiger partial charge in [0, 0.05) is 43.8 Å². The monoisotopic (exact) mass is 374 g/mol. The topological polar surface area (TPSA) is 85.8 Å². The van der Waals surface area contributed by atoms with Crippen LogP contribution in [0.4, 0.5) is 11.6 Å². The van der Waals surface area contributed by atoms with E-state index in [-0.39, 0.29) is 5.91 Å². The molecule has 0 aliphatic carbocycles. The molecule has 0 fully saturated rings. The van der Waals surface area contributed by atoms with Crippen LogP contribution in [0.5, 0.6) is 17.2 Å². The molecule has 8 heteroatoms. The van der Waals surface area contributed by atoms with Crippen molar-refractivity contribution in [2.24, 2.45) is 0 Å². The molecule has 0 saturated carbocycles. The lowest BCUT2D eigenvalue weighted by molar-refractivity contribution is 0.0792. The van der Waals surface area contributed by atoms with Gasteiger partial charge in [-0.3, -0.25) is 4.79 Å². The van der Waals surface area contributed by atoms with E-state index in [0.717, 1.165) is 12.8 Å². The van der Waals surface area contributed by atoms with E-state index in [4.69, 9.17) is 14.2 Å².